The van der Waals surface area contributed by atoms with E-state index in [1.807, 2.05) is 0 Å². The van der Waals surface area contributed by atoms with Crippen LogP contribution in [0.2, 0.25) is 0 Å². The Morgan fingerprint density at radius 2 is 1.94 bits per heavy atom. The number of fused-ring (bicyclic) bond motifs is 1. The number of aromatic nitrogens is 2. The number of nitrogens with two attached hydrogens (primary N) is 1. The first-order chi connectivity index (χ1) is 14.3. The van der Waals surface area contributed by atoms with Gasteiger partial charge in [-0.3, -0.25) is 4.90 Å². The van der Waals surface area contributed by atoms with Gasteiger partial charge in [-0.15, -0.1) is 0 Å². The molecule has 0 aliphatic carbocycles. The van der Waals surface area contributed by atoms with Crippen LogP contribution in [-0.2, 0) is 27.8 Å². The molecule has 1 fully saturated rings. The minimum atomic E-state index is -4.79. The lowest BCUT2D eigenvalue weighted by atomic mass is 9.89. The standard InChI is InChI=1S/C18H19F5N4O3S/c1-31(28,29)27-7-9-6-26(8-14(9)25-27)15-5-13(24)16(30-17(15)18(21,22)23)11-4-10(19)2-3-12(11)20/h2-4,7,13,15-17H,5-6,8,24H2,1H3/t13-,15+,16+,17-/m0/s1. The van der Waals surface area contributed by atoms with Crippen LogP contribution < -0.4 is 5.73 Å². The zero-order valence-corrected chi connectivity index (χ0v) is 17.0. The van der Waals surface area contributed by atoms with Crippen LogP contribution >= 0.6 is 0 Å². The van der Waals surface area contributed by atoms with E-state index in [2.05, 4.69) is 5.10 Å². The summed E-state index contributed by atoms with van der Waals surface area (Å²) in [7, 11) is -3.62. The van der Waals surface area contributed by atoms with Gasteiger partial charge in [-0.2, -0.15) is 22.4 Å². The molecule has 0 saturated carbocycles. The van der Waals surface area contributed by atoms with Gasteiger partial charge in [0.25, 0.3) is 10.0 Å². The Morgan fingerprint density at radius 3 is 2.55 bits per heavy atom. The van der Waals surface area contributed by atoms with Crippen LogP contribution in [0.15, 0.2) is 24.4 Å². The molecule has 3 heterocycles. The number of hydrogen-bond acceptors (Lipinski definition) is 6. The first-order valence-electron chi connectivity index (χ1n) is 9.29. The number of halogens is 5. The highest BCUT2D eigenvalue weighted by Crippen LogP contribution is 2.42. The van der Waals surface area contributed by atoms with Crippen molar-refractivity contribution in [1.82, 2.24) is 14.1 Å². The van der Waals surface area contributed by atoms with E-state index in [4.69, 9.17) is 10.5 Å². The minimum Gasteiger partial charge on any atom is -0.357 e. The lowest BCUT2D eigenvalue weighted by Gasteiger charge is -2.44. The topological polar surface area (TPSA) is 90.5 Å². The maximum Gasteiger partial charge on any atom is 0.416 e. The summed E-state index contributed by atoms with van der Waals surface area (Å²) in [6.07, 6.45) is -6.53. The molecule has 2 aliphatic rings. The van der Waals surface area contributed by atoms with E-state index in [-0.39, 0.29) is 25.1 Å². The first-order valence-corrected chi connectivity index (χ1v) is 11.1. The zero-order valence-electron chi connectivity index (χ0n) is 16.2. The fourth-order valence-corrected chi connectivity index (χ4v) is 4.67. The van der Waals surface area contributed by atoms with Crippen molar-refractivity contribution in [3.8, 4) is 0 Å². The fraction of sp³-hybridized carbons (Fsp3) is 0.500. The Labute approximate surface area is 174 Å². The molecule has 0 bridgehead atoms. The van der Waals surface area contributed by atoms with E-state index in [1.165, 1.54) is 11.1 Å². The monoisotopic (exact) mass is 466 g/mol. The van der Waals surface area contributed by atoms with Crippen LogP contribution in [0.4, 0.5) is 22.0 Å². The van der Waals surface area contributed by atoms with Gasteiger partial charge in [0.1, 0.15) is 17.7 Å². The van der Waals surface area contributed by atoms with Crippen LogP contribution in [0.3, 0.4) is 0 Å². The summed E-state index contributed by atoms with van der Waals surface area (Å²) in [4.78, 5) is 1.46. The predicted molar refractivity (Wildman–Crippen MR) is 98.1 cm³/mol. The second-order valence-corrected chi connectivity index (χ2v) is 9.63. The molecule has 0 spiro atoms. The Hall–Kier alpha value is -2.09. The van der Waals surface area contributed by atoms with E-state index < -0.39 is 52.1 Å². The maximum absolute atomic E-state index is 14.2. The van der Waals surface area contributed by atoms with Crippen molar-refractivity contribution in [2.45, 2.75) is 50.0 Å². The second kappa shape index (κ2) is 7.50. The van der Waals surface area contributed by atoms with Crippen molar-refractivity contribution in [2.24, 2.45) is 5.73 Å². The van der Waals surface area contributed by atoms with Crippen molar-refractivity contribution in [3.63, 3.8) is 0 Å². The third kappa shape index (κ3) is 4.19. The molecule has 2 aliphatic heterocycles. The van der Waals surface area contributed by atoms with Crippen LogP contribution in [0.1, 0.15) is 29.3 Å². The zero-order chi connectivity index (χ0) is 22.7. The number of alkyl halides is 3. The van der Waals surface area contributed by atoms with Gasteiger partial charge in [-0.1, -0.05) is 0 Å². The fourth-order valence-electron chi connectivity index (χ4n) is 4.10. The molecule has 31 heavy (non-hydrogen) atoms. The largest absolute Gasteiger partial charge is 0.416 e. The molecule has 4 atom stereocenters. The normalized spacial score (nSPS) is 27.5. The molecular weight excluding hydrogens is 447 g/mol. The van der Waals surface area contributed by atoms with Crippen LogP contribution in [0.25, 0.3) is 0 Å². The molecule has 13 heteroatoms. The van der Waals surface area contributed by atoms with Crippen LogP contribution in [0.5, 0.6) is 0 Å². The average Bonchev–Trinajstić information content (AvgIpc) is 3.21. The summed E-state index contributed by atoms with van der Waals surface area (Å²) in [5.74, 6) is -1.72. The predicted octanol–water partition coefficient (Wildman–Crippen LogP) is 2.07. The number of rotatable bonds is 3. The quantitative estimate of drug-likeness (QED) is 0.697. The summed E-state index contributed by atoms with van der Waals surface area (Å²) >= 11 is 0. The Bertz CT molecular complexity index is 1080. The molecule has 1 saturated heterocycles. The van der Waals surface area contributed by atoms with E-state index in [0.717, 1.165) is 28.5 Å². The van der Waals surface area contributed by atoms with E-state index >= 15 is 0 Å². The van der Waals surface area contributed by atoms with Gasteiger partial charge in [0.05, 0.1) is 11.9 Å². The highest BCUT2D eigenvalue weighted by Gasteiger charge is 2.54. The molecule has 0 amide bonds. The maximum atomic E-state index is 14.2. The number of benzene rings is 1. The molecule has 1 aromatic heterocycles. The first kappa shape index (κ1) is 22.1. The summed E-state index contributed by atoms with van der Waals surface area (Å²) < 4.78 is 98.6. The number of nitrogens with zero attached hydrogens (tertiary/aromatic N) is 3. The van der Waals surface area contributed by atoms with Gasteiger partial charge in [0.15, 0.2) is 6.10 Å². The highest BCUT2D eigenvalue weighted by molar-refractivity contribution is 7.89. The SMILES string of the molecule is CS(=O)(=O)n1cc2c(n1)CN([C@@H]1C[C@H](N)[C@@H](c3cc(F)ccc3F)O[C@@H]1C(F)(F)F)C2. The highest BCUT2D eigenvalue weighted by atomic mass is 32.2. The molecule has 2 N–H and O–H groups in total. The van der Waals surface area contributed by atoms with Crippen molar-refractivity contribution in [2.75, 3.05) is 6.26 Å². The van der Waals surface area contributed by atoms with Crippen molar-refractivity contribution >= 4 is 10.0 Å². The lowest BCUT2D eigenvalue weighted by molar-refractivity contribution is -0.269. The van der Waals surface area contributed by atoms with Crippen molar-refractivity contribution in [1.29, 1.82) is 0 Å². The average molecular weight is 466 g/mol. The Morgan fingerprint density at radius 1 is 1.23 bits per heavy atom. The molecular formula is C18H19F5N4O3S. The lowest BCUT2D eigenvalue weighted by Crippen LogP contribution is -2.58. The Balaban J connectivity index is 1.60. The van der Waals surface area contributed by atoms with E-state index in [9.17, 15) is 30.4 Å². The summed E-state index contributed by atoms with van der Waals surface area (Å²) in [6.45, 7) is 0.00134. The van der Waals surface area contributed by atoms with Gasteiger partial charge in [-0.25, -0.2) is 17.2 Å². The Kier molecular flexibility index (Phi) is 5.35. The smallest absolute Gasteiger partial charge is 0.357 e. The third-order valence-corrected chi connectivity index (χ3v) is 6.39. The van der Waals surface area contributed by atoms with Gasteiger partial charge in [-0.05, 0) is 24.6 Å². The second-order valence-electron chi connectivity index (χ2n) is 7.79. The van der Waals surface area contributed by atoms with E-state index in [0.29, 0.717) is 11.3 Å². The number of hydrogen-bond donors (Lipinski definition) is 1. The summed E-state index contributed by atoms with van der Waals surface area (Å²) in [5, 5.41) is 3.94. The van der Waals surface area contributed by atoms with Crippen LogP contribution in [-0.4, -0.2) is 53.1 Å². The van der Waals surface area contributed by atoms with Crippen molar-refractivity contribution < 1.29 is 35.1 Å². The molecule has 0 unspecified atom stereocenters. The minimum absolute atomic E-state index is 0.0236. The molecule has 1 aromatic carbocycles. The molecule has 170 valence electrons. The van der Waals surface area contributed by atoms with Crippen LogP contribution in [0, 0.1) is 11.6 Å². The molecule has 2 aromatic rings. The molecule has 0 radical (unpaired) electrons. The van der Waals surface area contributed by atoms with Crippen molar-refractivity contribution in [3.05, 3.63) is 52.9 Å². The van der Waals surface area contributed by atoms with E-state index in [1.54, 1.807) is 0 Å². The third-order valence-electron chi connectivity index (χ3n) is 5.52. The van der Waals surface area contributed by atoms with Gasteiger partial charge in [0, 0.05) is 42.5 Å². The molecule has 7 nitrogen and oxygen atoms in total. The van der Waals surface area contributed by atoms with Gasteiger partial charge < -0.3 is 10.5 Å². The van der Waals surface area contributed by atoms with Gasteiger partial charge in [0.2, 0.25) is 0 Å². The number of ether oxygens (including phenoxy) is 1. The summed E-state index contributed by atoms with van der Waals surface area (Å²) in [5.41, 5.74) is 6.51. The summed E-state index contributed by atoms with van der Waals surface area (Å²) in [6, 6.07) is 0.226. The van der Waals surface area contributed by atoms with Gasteiger partial charge >= 0.3 is 6.18 Å². The molecule has 4 rings (SSSR count).